The largest absolute Gasteiger partial charge is 0.383 e. The number of rotatable bonds is 4. The Morgan fingerprint density at radius 2 is 1.93 bits per heavy atom. The predicted octanol–water partition coefficient (Wildman–Crippen LogP) is 4.76. The molecule has 2 aliphatic rings. The number of hydrogen-bond acceptors (Lipinski definition) is 6. The number of carbonyl (C=O) groups is 2. The highest BCUT2D eigenvalue weighted by atomic mass is 19.1. The van der Waals surface area contributed by atoms with Crippen LogP contribution in [0.25, 0.3) is 21.8 Å². The molecular formula is C30H35FN6O3. The number of nitrogen functional groups attached to an aromatic ring is 1. The molecule has 2 N–H and O–H groups in total. The van der Waals surface area contributed by atoms with Crippen molar-refractivity contribution in [2.24, 2.45) is 13.0 Å². The zero-order valence-electron chi connectivity index (χ0n) is 23.4. The van der Waals surface area contributed by atoms with Crippen molar-refractivity contribution in [3.8, 4) is 0 Å². The number of anilines is 1. The first kappa shape index (κ1) is 27.5. The van der Waals surface area contributed by atoms with Gasteiger partial charge >= 0.3 is 0 Å². The number of fused-ring (bicyclic) bond motifs is 3. The van der Waals surface area contributed by atoms with Gasteiger partial charge in [-0.05, 0) is 69.4 Å². The van der Waals surface area contributed by atoms with Gasteiger partial charge in [0.15, 0.2) is 0 Å². The molecule has 40 heavy (non-hydrogen) atoms. The third-order valence-electron chi connectivity index (χ3n) is 7.48. The van der Waals surface area contributed by atoms with E-state index in [9.17, 15) is 14.0 Å². The summed E-state index contributed by atoms with van der Waals surface area (Å²) >= 11 is 0. The lowest BCUT2D eigenvalue weighted by molar-refractivity contribution is -0.144. The third kappa shape index (κ3) is 5.62. The molecule has 1 aliphatic carbocycles. The lowest BCUT2D eigenvalue weighted by Gasteiger charge is -2.32. The van der Waals surface area contributed by atoms with Crippen LogP contribution in [0.2, 0.25) is 0 Å². The molecule has 6 rings (SSSR count). The molecule has 9 nitrogen and oxygen atoms in total. The van der Waals surface area contributed by atoms with Gasteiger partial charge in [-0.15, -0.1) is 0 Å². The lowest BCUT2D eigenvalue weighted by atomic mass is 10.1. The Bertz CT molecular complexity index is 1580. The summed E-state index contributed by atoms with van der Waals surface area (Å²) in [5, 5.41) is 8.31. The Morgan fingerprint density at radius 3 is 2.55 bits per heavy atom. The van der Waals surface area contributed by atoms with E-state index in [0.717, 1.165) is 30.5 Å². The fraction of sp³-hybridized carbons (Fsp3) is 0.400. The van der Waals surface area contributed by atoms with Crippen molar-refractivity contribution in [2.75, 3.05) is 19.4 Å². The summed E-state index contributed by atoms with van der Waals surface area (Å²) in [7, 11) is 3.36. The molecule has 10 heteroatoms. The number of hydrazine groups is 1. The molecule has 1 unspecified atom stereocenters. The average molecular weight is 547 g/mol. The van der Waals surface area contributed by atoms with Crippen LogP contribution in [0.5, 0.6) is 0 Å². The number of ether oxygens (including phenoxy) is 1. The van der Waals surface area contributed by atoms with E-state index in [1.54, 1.807) is 62.2 Å². The SMILES string of the molecule is CC1CCCO1.Cc1ccc(CN(C(=O)c2ccc3nc(N)c4cnn(C)c4c3c2)N(C)C(=O)C2CC2)c(F)c1. The first-order chi connectivity index (χ1) is 19.1. The molecule has 1 saturated carbocycles. The van der Waals surface area contributed by atoms with E-state index in [1.165, 1.54) is 28.9 Å². The van der Waals surface area contributed by atoms with E-state index in [4.69, 9.17) is 10.5 Å². The van der Waals surface area contributed by atoms with Crippen molar-refractivity contribution in [1.82, 2.24) is 24.8 Å². The van der Waals surface area contributed by atoms with Crippen molar-refractivity contribution in [3.63, 3.8) is 0 Å². The van der Waals surface area contributed by atoms with Crippen LogP contribution >= 0.6 is 0 Å². The minimum absolute atomic E-state index is 0.0704. The third-order valence-corrected chi connectivity index (χ3v) is 7.48. The molecule has 1 saturated heterocycles. The van der Waals surface area contributed by atoms with Crippen LogP contribution in [0.4, 0.5) is 10.2 Å². The summed E-state index contributed by atoms with van der Waals surface area (Å²) in [6, 6.07) is 9.95. The molecule has 4 aromatic rings. The van der Waals surface area contributed by atoms with E-state index in [1.807, 2.05) is 0 Å². The van der Waals surface area contributed by atoms with Crippen LogP contribution in [-0.4, -0.2) is 56.4 Å². The highest BCUT2D eigenvalue weighted by Crippen LogP contribution is 2.32. The van der Waals surface area contributed by atoms with Gasteiger partial charge in [0.1, 0.15) is 11.6 Å². The topological polar surface area (TPSA) is 107 Å². The fourth-order valence-corrected chi connectivity index (χ4v) is 4.95. The lowest BCUT2D eigenvalue weighted by Crippen LogP contribution is -2.47. The van der Waals surface area contributed by atoms with E-state index in [0.29, 0.717) is 39.3 Å². The molecule has 3 heterocycles. The summed E-state index contributed by atoms with van der Waals surface area (Å²) in [5.41, 5.74) is 8.93. The Labute approximate surface area is 232 Å². The van der Waals surface area contributed by atoms with Crippen LogP contribution in [0.3, 0.4) is 0 Å². The van der Waals surface area contributed by atoms with Crippen molar-refractivity contribution in [1.29, 1.82) is 0 Å². The van der Waals surface area contributed by atoms with Gasteiger partial charge in [0.05, 0.1) is 35.3 Å². The van der Waals surface area contributed by atoms with Gasteiger partial charge in [-0.3, -0.25) is 19.3 Å². The van der Waals surface area contributed by atoms with Gasteiger partial charge in [0.2, 0.25) is 5.91 Å². The first-order valence-electron chi connectivity index (χ1n) is 13.6. The molecule has 1 atom stereocenters. The second kappa shape index (κ2) is 11.2. The standard InChI is InChI=1S/C25H25FN6O2.C5H10O/c1-14-4-5-17(20(26)10-14)13-32(31(3)24(33)15-6-7-15)25(34)16-8-9-21-18(11-16)22-19(23(27)29-21)12-28-30(22)2;1-5-3-2-4-6-5/h4-5,8-12,15H,6-7,13H2,1-3H3,(H2,27,29);5H,2-4H2,1H3. The molecule has 1 aliphatic heterocycles. The molecule has 2 aromatic heterocycles. The van der Waals surface area contributed by atoms with Crippen LogP contribution in [0.15, 0.2) is 42.6 Å². The summed E-state index contributed by atoms with van der Waals surface area (Å²) < 4.78 is 21.5. The second-order valence-electron chi connectivity index (χ2n) is 10.7. The first-order valence-corrected chi connectivity index (χ1v) is 13.6. The number of aryl methyl sites for hydroxylation is 2. The van der Waals surface area contributed by atoms with Crippen LogP contribution in [0.1, 0.15) is 54.1 Å². The number of pyridine rings is 1. The zero-order valence-corrected chi connectivity index (χ0v) is 23.4. The molecule has 2 aromatic carbocycles. The fourth-order valence-electron chi connectivity index (χ4n) is 4.95. The monoisotopic (exact) mass is 546 g/mol. The number of halogens is 1. The Kier molecular flexibility index (Phi) is 7.71. The number of benzene rings is 2. The smallest absolute Gasteiger partial charge is 0.272 e. The van der Waals surface area contributed by atoms with E-state index < -0.39 is 11.7 Å². The molecule has 0 bridgehead atoms. The summed E-state index contributed by atoms with van der Waals surface area (Å²) in [6.07, 6.45) is 6.31. The summed E-state index contributed by atoms with van der Waals surface area (Å²) in [6.45, 7) is 4.83. The summed E-state index contributed by atoms with van der Waals surface area (Å²) in [5.74, 6) is -0.711. The van der Waals surface area contributed by atoms with Crippen molar-refractivity contribution >= 4 is 39.4 Å². The molecule has 2 amide bonds. The van der Waals surface area contributed by atoms with Crippen molar-refractivity contribution in [2.45, 2.75) is 52.2 Å². The number of hydrogen-bond donors (Lipinski definition) is 1. The minimum atomic E-state index is -0.417. The quantitative estimate of drug-likeness (QED) is 0.370. The van der Waals surface area contributed by atoms with Gasteiger partial charge in [-0.1, -0.05) is 12.1 Å². The molecule has 0 radical (unpaired) electrons. The minimum Gasteiger partial charge on any atom is -0.383 e. The second-order valence-corrected chi connectivity index (χ2v) is 10.7. The highest BCUT2D eigenvalue weighted by Gasteiger charge is 2.36. The molecule has 210 valence electrons. The molecule has 2 fully saturated rings. The maximum atomic E-state index is 14.7. The Hall–Kier alpha value is -4.05. The normalized spacial score (nSPS) is 16.6. The van der Waals surface area contributed by atoms with Crippen molar-refractivity contribution in [3.05, 3.63) is 65.1 Å². The Morgan fingerprint density at radius 1 is 1.15 bits per heavy atom. The average Bonchev–Trinajstić information content (AvgIpc) is 3.55. The van der Waals surface area contributed by atoms with Gasteiger partial charge in [0, 0.05) is 43.1 Å². The Balaban J connectivity index is 0.000000477. The van der Waals surface area contributed by atoms with Gasteiger partial charge in [-0.25, -0.2) is 14.4 Å². The number of nitrogens with zero attached hydrogens (tertiary/aromatic N) is 5. The highest BCUT2D eigenvalue weighted by molar-refractivity contribution is 6.10. The van der Waals surface area contributed by atoms with Crippen molar-refractivity contribution < 1.29 is 18.7 Å². The molecule has 0 spiro atoms. The van der Waals surface area contributed by atoms with E-state index in [-0.39, 0.29) is 18.4 Å². The van der Waals surface area contributed by atoms with Gasteiger partial charge in [0.25, 0.3) is 5.91 Å². The van der Waals surface area contributed by atoms with Gasteiger partial charge < -0.3 is 10.5 Å². The van der Waals surface area contributed by atoms with Crippen LogP contribution < -0.4 is 5.73 Å². The number of amides is 2. The maximum absolute atomic E-state index is 14.7. The van der Waals surface area contributed by atoms with E-state index in [2.05, 4.69) is 17.0 Å². The number of aromatic nitrogens is 3. The number of carbonyl (C=O) groups excluding carboxylic acids is 2. The van der Waals surface area contributed by atoms with E-state index >= 15 is 0 Å². The van der Waals surface area contributed by atoms with Crippen LogP contribution in [0, 0.1) is 18.7 Å². The van der Waals surface area contributed by atoms with Gasteiger partial charge in [-0.2, -0.15) is 5.10 Å². The zero-order chi connectivity index (χ0) is 28.6. The predicted molar refractivity (Wildman–Crippen MR) is 152 cm³/mol. The van der Waals surface area contributed by atoms with Crippen LogP contribution in [-0.2, 0) is 23.1 Å². The summed E-state index contributed by atoms with van der Waals surface area (Å²) in [4.78, 5) is 31.0. The molecular weight excluding hydrogens is 511 g/mol. The maximum Gasteiger partial charge on any atom is 0.272 e. The number of nitrogens with two attached hydrogens (primary N) is 1.